The molecule has 1 aromatic heterocycles. The van der Waals surface area contributed by atoms with E-state index in [1.54, 1.807) is 0 Å². The Kier molecular flexibility index (Phi) is 6.73. The highest BCUT2D eigenvalue weighted by molar-refractivity contribution is 5.92. The second-order valence-corrected chi connectivity index (χ2v) is 6.21. The Morgan fingerprint density at radius 2 is 1.96 bits per heavy atom. The fraction of sp³-hybridized carbons (Fsp3) is 0.389. The first-order chi connectivity index (χ1) is 11.7. The molecule has 0 aliphatic heterocycles. The maximum Gasteiger partial charge on any atom is 0.271 e. The van der Waals surface area contributed by atoms with Crippen molar-refractivity contribution >= 4 is 18.3 Å². The van der Waals surface area contributed by atoms with E-state index in [-0.39, 0.29) is 35.6 Å². The molecule has 0 radical (unpaired) electrons. The van der Waals surface area contributed by atoms with Gasteiger partial charge in [-0.05, 0) is 36.9 Å². The topological polar surface area (TPSA) is 90.0 Å². The molecule has 25 heavy (non-hydrogen) atoms. The number of rotatable bonds is 5. The molecule has 0 saturated heterocycles. The Morgan fingerprint density at radius 1 is 1.20 bits per heavy atom. The summed E-state index contributed by atoms with van der Waals surface area (Å²) in [6, 6.07) is 12.5. The third-order valence-corrected chi connectivity index (χ3v) is 4.55. The van der Waals surface area contributed by atoms with Crippen molar-refractivity contribution in [2.45, 2.75) is 31.8 Å². The van der Waals surface area contributed by atoms with Crippen LogP contribution in [0.5, 0.6) is 0 Å². The summed E-state index contributed by atoms with van der Waals surface area (Å²) in [6.45, 7) is 0.918. The van der Waals surface area contributed by atoms with Crippen molar-refractivity contribution in [2.75, 3.05) is 6.54 Å². The van der Waals surface area contributed by atoms with Crippen molar-refractivity contribution in [3.8, 4) is 0 Å². The van der Waals surface area contributed by atoms with Gasteiger partial charge in [0.05, 0.1) is 6.54 Å². The van der Waals surface area contributed by atoms with Gasteiger partial charge in [0.25, 0.3) is 11.5 Å². The molecular weight excluding hydrogens is 340 g/mol. The van der Waals surface area contributed by atoms with Gasteiger partial charge in [0.1, 0.15) is 5.69 Å². The van der Waals surface area contributed by atoms with Crippen molar-refractivity contribution in [1.29, 1.82) is 0 Å². The van der Waals surface area contributed by atoms with Crippen molar-refractivity contribution in [3.63, 3.8) is 0 Å². The molecule has 1 aliphatic rings. The summed E-state index contributed by atoms with van der Waals surface area (Å²) in [4.78, 5) is 24.4. The molecule has 0 spiro atoms. The van der Waals surface area contributed by atoms with Gasteiger partial charge in [-0.25, -0.2) is 4.68 Å². The quantitative estimate of drug-likeness (QED) is 0.844. The minimum absolute atomic E-state index is 0. The van der Waals surface area contributed by atoms with Gasteiger partial charge in [0, 0.05) is 12.1 Å². The lowest BCUT2D eigenvalue weighted by atomic mass is 10.0. The molecule has 3 rings (SSSR count). The first-order valence-corrected chi connectivity index (χ1v) is 8.30. The first-order valence-electron chi connectivity index (χ1n) is 8.30. The van der Waals surface area contributed by atoms with Gasteiger partial charge in [-0.2, -0.15) is 5.10 Å². The molecule has 6 nitrogen and oxygen atoms in total. The molecule has 1 amide bonds. The third kappa shape index (κ3) is 4.67. The number of nitrogens with zero attached hydrogens (tertiary/aromatic N) is 2. The number of benzene rings is 1. The molecule has 134 valence electrons. The van der Waals surface area contributed by atoms with Crippen LogP contribution in [0, 0.1) is 5.92 Å². The van der Waals surface area contributed by atoms with Crippen LogP contribution in [0.1, 0.15) is 35.3 Å². The summed E-state index contributed by atoms with van der Waals surface area (Å²) in [6.07, 6.45) is 3.06. The van der Waals surface area contributed by atoms with Crippen LogP contribution in [-0.4, -0.2) is 28.3 Å². The molecule has 2 unspecified atom stereocenters. The zero-order valence-electron chi connectivity index (χ0n) is 13.9. The van der Waals surface area contributed by atoms with Crippen LogP contribution in [0.15, 0.2) is 47.3 Å². The average molecular weight is 363 g/mol. The van der Waals surface area contributed by atoms with Crippen LogP contribution in [0.3, 0.4) is 0 Å². The number of nitrogens with two attached hydrogens (primary N) is 1. The lowest BCUT2D eigenvalue weighted by Gasteiger charge is -2.19. The number of carbonyl (C=O) groups is 1. The second-order valence-electron chi connectivity index (χ2n) is 6.21. The zero-order valence-corrected chi connectivity index (χ0v) is 14.7. The van der Waals surface area contributed by atoms with Gasteiger partial charge < -0.3 is 11.1 Å². The Balaban J connectivity index is 0.00000225. The smallest absolute Gasteiger partial charge is 0.271 e. The number of aromatic nitrogens is 2. The highest BCUT2D eigenvalue weighted by atomic mass is 35.5. The summed E-state index contributed by atoms with van der Waals surface area (Å²) < 4.78 is 1.32. The van der Waals surface area contributed by atoms with Gasteiger partial charge in [0.2, 0.25) is 0 Å². The molecule has 1 saturated carbocycles. The lowest BCUT2D eigenvalue weighted by molar-refractivity contribution is 0.0921. The first kappa shape index (κ1) is 19.1. The number of amides is 1. The molecule has 1 fully saturated rings. The molecule has 2 atom stereocenters. The summed E-state index contributed by atoms with van der Waals surface area (Å²) in [5.41, 5.74) is 6.75. The van der Waals surface area contributed by atoms with Crippen LogP contribution in [0.2, 0.25) is 0 Å². The lowest BCUT2D eigenvalue weighted by Crippen LogP contribution is -2.40. The summed E-state index contributed by atoms with van der Waals surface area (Å²) in [5, 5.41) is 7.23. The molecule has 0 bridgehead atoms. The van der Waals surface area contributed by atoms with E-state index < -0.39 is 0 Å². The van der Waals surface area contributed by atoms with Crippen LogP contribution in [0.25, 0.3) is 0 Å². The van der Waals surface area contributed by atoms with E-state index in [4.69, 9.17) is 5.73 Å². The normalized spacial score (nSPS) is 19.2. The van der Waals surface area contributed by atoms with Gasteiger partial charge in [-0.3, -0.25) is 9.59 Å². The molecule has 1 heterocycles. The molecule has 7 heteroatoms. The van der Waals surface area contributed by atoms with Crippen LogP contribution in [-0.2, 0) is 6.54 Å². The van der Waals surface area contributed by atoms with Crippen molar-refractivity contribution < 1.29 is 4.79 Å². The summed E-state index contributed by atoms with van der Waals surface area (Å²) >= 11 is 0. The van der Waals surface area contributed by atoms with Gasteiger partial charge in [-0.15, -0.1) is 12.4 Å². The number of hydrogen-bond donors (Lipinski definition) is 2. The Labute approximate surface area is 152 Å². The molecular formula is C18H23ClN4O2. The second kappa shape index (κ2) is 8.78. The van der Waals surface area contributed by atoms with E-state index in [0.717, 1.165) is 24.8 Å². The zero-order chi connectivity index (χ0) is 16.9. The summed E-state index contributed by atoms with van der Waals surface area (Å²) in [7, 11) is 0. The van der Waals surface area contributed by atoms with E-state index in [1.165, 1.54) is 16.8 Å². The van der Waals surface area contributed by atoms with Gasteiger partial charge in [0.15, 0.2) is 0 Å². The minimum Gasteiger partial charge on any atom is -0.348 e. The number of carbonyl (C=O) groups excluding carboxylic acids is 1. The van der Waals surface area contributed by atoms with E-state index in [9.17, 15) is 9.59 Å². The van der Waals surface area contributed by atoms with Crippen LogP contribution < -0.4 is 16.6 Å². The average Bonchev–Trinajstić information content (AvgIpc) is 3.05. The maximum atomic E-state index is 12.4. The Bertz CT molecular complexity index is 763. The molecule has 1 aliphatic carbocycles. The highest BCUT2D eigenvalue weighted by Crippen LogP contribution is 2.24. The van der Waals surface area contributed by atoms with Gasteiger partial charge in [-0.1, -0.05) is 36.8 Å². The SMILES string of the molecule is Cl.NCC1CCCC1NC(=O)c1ccc(=O)n(Cc2ccccc2)n1. The number of halogens is 1. The highest BCUT2D eigenvalue weighted by Gasteiger charge is 2.28. The fourth-order valence-corrected chi connectivity index (χ4v) is 3.19. The minimum atomic E-state index is -0.248. The van der Waals surface area contributed by atoms with Crippen molar-refractivity contribution in [1.82, 2.24) is 15.1 Å². The molecule has 1 aromatic carbocycles. The van der Waals surface area contributed by atoms with E-state index in [1.807, 2.05) is 30.3 Å². The van der Waals surface area contributed by atoms with Crippen molar-refractivity contribution in [3.05, 3.63) is 64.1 Å². The number of hydrogen-bond acceptors (Lipinski definition) is 4. The third-order valence-electron chi connectivity index (χ3n) is 4.55. The standard InChI is InChI=1S/C18H22N4O2.ClH/c19-11-14-7-4-8-15(14)20-18(24)16-9-10-17(23)22(21-16)12-13-5-2-1-3-6-13;/h1-3,5-6,9-10,14-15H,4,7-8,11-12,19H2,(H,20,24);1H. The van der Waals surface area contributed by atoms with Crippen LogP contribution >= 0.6 is 12.4 Å². The van der Waals surface area contributed by atoms with E-state index in [0.29, 0.717) is 19.0 Å². The maximum absolute atomic E-state index is 12.4. The van der Waals surface area contributed by atoms with Crippen molar-refractivity contribution in [2.24, 2.45) is 11.7 Å². The fourth-order valence-electron chi connectivity index (χ4n) is 3.19. The Morgan fingerprint density at radius 3 is 2.68 bits per heavy atom. The Hall–Kier alpha value is -2.18. The van der Waals surface area contributed by atoms with E-state index in [2.05, 4.69) is 10.4 Å². The molecule has 2 aromatic rings. The predicted octanol–water partition coefficient (Wildman–Crippen LogP) is 1.57. The molecule has 3 N–H and O–H groups in total. The number of nitrogens with one attached hydrogen (secondary N) is 1. The summed E-state index contributed by atoms with van der Waals surface area (Å²) in [5.74, 6) is 0.0753. The largest absolute Gasteiger partial charge is 0.348 e. The monoisotopic (exact) mass is 362 g/mol. The van der Waals surface area contributed by atoms with E-state index >= 15 is 0 Å². The van der Waals surface area contributed by atoms with Crippen LogP contribution in [0.4, 0.5) is 0 Å². The van der Waals surface area contributed by atoms with Gasteiger partial charge >= 0.3 is 0 Å². The predicted molar refractivity (Wildman–Crippen MR) is 98.9 cm³/mol.